The molecule has 0 spiro atoms. The first-order valence-electron chi connectivity index (χ1n) is 6.60. The van der Waals surface area contributed by atoms with Crippen molar-refractivity contribution >= 4 is 0 Å². The van der Waals surface area contributed by atoms with Crippen molar-refractivity contribution in [1.29, 1.82) is 0 Å². The van der Waals surface area contributed by atoms with E-state index >= 15 is 0 Å². The van der Waals surface area contributed by atoms with Gasteiger partial charge in [0.15, 0.2) is 0 Å². The zero-order valence-electron chi connectivity index (χ0n) is 10.9. The molecule has 17 heavy (non-hydrogen) atoms. The highest BCUT2D eigenvalue weighted by molar-refractivity contribution is 5.28. The molecule has 2 atom stereocenters. The van der Waals surface area contributed by atoms with Gasteiger partial charge in [-0.15, -0.1) is 0 Å². The maximum absolute atomic E-state index is 6.52. The van der Waals surface area contributed by atoms with Crippen LogP contribution in [0, 0.1) is 5.92 Å². The molecule has 0 saturated carbocycles. The minimum Gasteiger partial charge on any atom is -0.381 e. The van der Waals surface area contributed by atoms with Gasteiger partial charge in [-0.05, 0) is 37.3 Å². The lowest BCUT2D eigenvalue weighted by Crippen LogP contribution is -2.44. The van der Waals surface area contributed by atoms with E-state index < -0.39 is 0 Å². The van der Waals surface area contributed by atoms with Gasteiger partial charge in [0.2, 0.25) is 0 Å². The van der Waals surface area contributed by atoms with E-state index in [1.54, 1.807) is 0 Å². The number of nitrogens with two attached hydrogens (primary N) is 1. The largest absolute Gasteiger partial charge is 0.381 e. The fourth-order valence-electron chi connectivity index (χ4n) is 2.55. The Hall–Kier alpha value is -0.860. The number of ether oxygens (including phenoxy) is 1. The van der Waals surface area contributed by atoms with Crippen molar-refractivity contribution in [2.24, 2.45) is 11.7 Å². The molecule has 2 rings (SSSR count). The third kappa shape index (κ3) is 2.70. The second kappa shape index (κ2) is 5.19. The fourth-order valence-corrected chi connectivity index (χ4v) is 2.55. The van der Waals surface area contributed by atoms with Crippen LogP contribution in [0.15, 0.2) is 24.3 Å². The molecule has 1 aromatic rings. The van der Waals surface area contributed by atoms with Gasteiger partial charge in [-0.25, -0.2) is 0 Å². The molecule has 1 aliphatic heterocycles. The van der Waals surface area contributed by atoms with Crippen LogP contribution in [0.4, 0.5) is 0 Å². The third-order valence-electron chi connectivity index (χ3n) is 3.99. The second-order valence-electron chi connectivity index (χ2n) is 5.25. The van der Waals surface area contributed by atoms with Crippen molar-refractivity contribution in [3.8, 4) is 0 Å². The summed E-state index contributed by atoms with van der Waals surface area (Å²) in [5.41, 5.74) is 8.85. The zero-order chi connectivity index (χ0) is 12.3. The summed E-state index contributed by atoms with van der Waals surface area (Å²) >= 11 is 0. The Morgan fingerprint density at radius 3 is 2.59 bits per heavy atom. The number of benzene rings is 1. The van der Waals surface area contributed by atoms with E-state index in [2.05, 4.69) is 38.1 Å². The first-order valence-corrected chi connectivity index (χ1v) is 6.60. The minimum absolute atomic E-state index is 0.271. The lowest BCUT2D eigenvalue weighted by molar-refractivity contribution is 0.0243. The maximum atomic E-state index is 6.52. The van der Waals surface area contributed by atoms with Crippen LogP contribution in [0.3, 0.4) is 0 Å². The van der Waals surface area contributed by atoms with Gasteiger partial charge in [-0.2, -0.15) is 0 Å². The minimum atomic E-state index is -0.271. The molecule has 0 radical (unpaired) electrons. The van der Waals surface area contributed by atoms with E-state index in [4.69, 9.17) is 10.5 Å². The molecule has 1 fully saturated rings. The van der Waals surface area contributed by atoms with Gasteiger partial charge in [-0.1, -0.05) is 31.2 Å². The Morgan fingerprint density at radius 2 is 2.06 bits per heavy atom. The highest BCUT2D eigenvalue weighted by Crippen LogP contribution is 2.32. The predicted octanol–water partition coefficient (Wildman–Crippen LogP) is 2.85. The molecule has 1 heterocycles. The standard InChI is InChI=1S/C15H23NO/c1-3-12-6-8-13(9-7-12)15(2,16)14-5-4-10-17-11-14/h6-9,14H,3-5,10-11,16H2,1-2H3. The molecular formula is C15H23NO. The van der Waals surface area contributed by atoms with E-state index in [0.29, 0.717) is 5.92 Å². The number of hydrogen-bond donors (Lipinski definition) is 1. The molecule has 0 aliphatic carbocycles. The first kappa shape index (κ1) is 12.6. The zero-order valence-corrected chi connectivity index (χ0v) is 10.9. The van der Waals surface area contributed by atoms with E-state index in [1.165, 1.54) is 17.5 Å². The molecule has 0 amide bonds. The summed E-state index contributed by atoms with van der Waals surface area (Å²) < 4.78 is 5.55. The van der Waals surface area contributed by atoms with Gasteiger partial charge in [-0.3, -0.25) is 0 Å². The summed E-state index contributed by atoms with van der Waals surface area (Å²) in [6.07, 6.45) is 3.38. The molecule has 94 valence electrons. The van der Waals surface area contributed by atoms with Gasteiger partial charge >= 0.3 is 0 Å². The monoisotopic (exact) mass is 233 g/mol. The average Bonchev–Trinajstić information content (AvgIpc) is 2.40. The molecule has 2 nitrogen and oxygen atoms in total. The first-order chi connectivity index (χ1) is 8.14. The van der Waals surface area contributed by atoms with Crippen LogP contribution >= 0.6 is 0 Å². The van der Waals surface area contributed by atoms with Crippen LogP contribution in [-0.4, -0.2) is 13.2 Å². The van der Waals surface area contributed by atoms with Crippen LogP contribution in [0.1, 0.15) is 37.8 Å². The average molecular weight is 233 g/mol. The van der Waals surface area contributed by atoms with Crippen LogP contribution in [0.25, 0.3) is 0 Å². The third-order valence-corrected chi connectivity index (χ3v) is 3.99. The Kier molecular flexibility index (Phi) is 3.85. The molecule has 2 unspecified atom stereocenters. The predicted molar refractivity (Wildman–Crippen MR) is 70.9 cm³/mol. The van der Waals surface area contributed by atoms with Crippen LogP contribution in [0.2, 0.25) is 0 Å². The van der Waals surface area contributed by atoms with E-state index in [0.717, 1.165) is 26.1 Å². The topological polar surface area (TPSA) is 35.2 Å². The molecule has 0 aromatic heterocycles. The van der Waals surface area contributed by atoms with Gasteiger partial charge in [0.25, 0.3) is 0 Å². The van der Waals surface area contributed by atoms with Crippen molar-refractivity contribution in [2.45, 2.75) is 38.6 Å². The van der Waals surface area contributed by atoms with Crippen molar-refractivity contribution in [3.05, 3.63) is 35.4 Å². The van der Waals surface area contributed by atoms with E-state index in [9.17, 15) is 0 Å². The number of hydrogen-bond acceptors (Lipinski definition) is 2. The van der Waals surface area contributed by atoms with E-state index in [1.807, 2.05) is 0 Å². The summed E-state index contributed by atoms with van der Waals surface area (Å²) in [6.45, 7) is 5.99. The molecule has 1 aromatic carbocycles. The Labute approximate surface area is 104 Å². The normalized spacial score (nSPS) is 24.3. The Morgan fingerprint density at radius 1 is 1.35 bits per heavy atom. The van der Waals surface area contributed by atoms with Crippen molar-refractivity contribution in [1.82, 2.24) is 0 Å². The maximum Gasteiger partial charge on any atom is 0.0515 e. The highest BCUT2D eigenvalue weighted by atomic mass is 16.5. The molecule has 1 saturated heterocycles. The van der Waals surface area contributed by atoms with Gasteiger partial charge in [0.05, 0.1) is 6.61 Å². The second-order valence-corrected chi connectivity index (χ2v) is 5.25. The van der Waals surface area contributed by atoms with Gasteiger partial charge in [0, 0.05) is 18.1 Å². The number of rotatable bonds is 3. The van der Waals surface area contributed by atoms with Crippen molar-refractivity contribution in [3.63, 3.8) is 0 Å². The molecular weight excluding hydrogens is 210 g/mol. The quantitative estimate of drug-likeness (QED) is 0.871. The fraction of sp³-hybridized carbons (Fsp3) is 0.600. The Balaban J connectivity index is 2.17. The Bertz CT molecular complexity index is 350. The highest BCUT2D eigenvalue weighted by Gasteiger charge is 2.33. The summed E-state index contributed by atoms with van der Waals surface area (Å²) in [7, 11) is 0. The summed E-state index contributed by atoms with van der Waals surface area (Å²) in [6, 6.07) is 8.72. The lowest BCUT2D eigenvalue weighted by atomic mass is 9.77. The smallest absolute Gasteiger partial charge is 0.0515 e. The molecule has 2 heteroatoms. The van der Waals surface area contributed by atoms with Gasteiger partial charge in [0.1, 0.15) is 0 Å². The van der Waals surface area contributed by atoms with Crippen molar-refractivity contribution in [2.75, 3.05) is 13.2 Å². The summed E-state index contributed by atoms with van der Waals surface area (Å²) in [5, 5.41) is 0. The molecule has 1 aliphatic rings. The number of aryl methyl sites for hydroxylation is 1. The van der Waals surface area contributed by atoms with E-state index in [-0.39, 0.29) is 5.54 Å². The van der Waals surface area contributed by atoms with Crippen LogP contribution in [-0.2, 0) is 16.7 Å². The lowest BCUT2D eigenvalue weighted by Gasteiger charge is -2.37. The summed E-state index contributed by atoms with van der Waals surface area (Å²) in [5.74, 6) is 0.434. The van der Waals surface area contributed by atoms with Gasteiger partial charge < -0.3 is 10.5 Å². The molecule has 2 N–H and O–H groups in total. The van der Waals surface area contributed by atoms with Crippen molar-refractivity contribution < 1.29 is 4.74 Å². The van der Waals surface area contributed by atoms with Crippen LogP contribution in [0.5, 0.6) is 0 Å². The molecule has 0 bridgehead atoms. The summed E-state index contributed by atoms with van der Waals surface area (Å²) in [4.78, 5) is 0. The van der Waals surface area contributed by atoms with Crippen LogP contribution < -0.4 is 5.73 Å². The SMILES string of the molecule is CCc1ccc(C(C)(N)C2CCCOC2)cc1.